The predicted molar refractivity (Wildman–Crippen MR) is 148 cm³/mol. The van der Waals surface area contributed by atoms with Gasteiger partial charge >= 0.3 is 0 Å². The molecule has 0 aliphatic carbocycles. The Bertz CT molecular complexity index is 1430. The molecule has 10 nitrogen and oxygen atoms in total. The summed E-state index contributed by atoms with van der Waals surface area (Å²) in [6.45, 7) is 4.81. The summed E-state index contributed by atoms with van der Waals surface area (Å²) < 4.78 is 27.4. The van der Waals surface area contributed by atoms with Crippen molar-refractivity contribution in [1.82, 2.24) is 24.1 Å². The van der Waals surface area contributed by atoms with Gasteiger partial charge in [-0.15, -0.1) is 0 Å². The summed E-state index contributed by atoms with van der Waals surface area (Å²) in [6, 6.07) is 15.7. The van der Waals surface area contributed by atoms with Crippen molar-refractivity contribution in [3.05, 3.63) is 66.4 Å². The Labute approximate surface area is 228 Å². The van der Waals surface area contributed by atoms with Crippen molar-refractivity contribution < 1.29 is 18.0 Å². The number of aromatic nitrogens is 2. The molecule has 0 unspecified atom stereocenters. The van der Waals surface area contributed by atoms with Crippen molar-refractivity contribution in [3.63, 3.8) is 0 Å². The maximum atomic E-state index is 12.9. The third-order valence-corrected chi connectivity index (χ3v) is 9.07. The molecule has 3 heterocycles. The van der Waals surface area contributed by atoms with Crippen molar-refractivity contribution in [2.75, 3.05) is 44.6 Å². The van der Waals surface area contributed by atoms with Crippen LogP contribution in [-0.2, 0) is 14.8 Å². The number of carbonyl (C=O) groups excluding carboxylic acids is 2. The van der Waals surface area contributed by atoms with Gasteiger partial charge in [0.15, 0.2) is 0 Å². The van der Waals surface area contributed by atoms with Crippen LogP contribution in [-0.4, -0.2) is 83.6 Å². The van der Waals surface area contributed by atoms with Crippen LogP contribution in [0, 0.1) is 0 Å². The molecule has 2 fully saturated rings. The van der Waals surface area contributed by atoms with E-state index in [2.05, 4.69) is 15.3 Å². The van der Waals surface area contributed by atoms with Crippen LogP contribution in [0.15, 0.2) is 65.7 Å². The fraction of sp³-hybridized carbons (Fsp3) is 0.357. The predicted octanol–water partition coefficient (Wildman–Crippen LogP) is 3.37. The summed E-state index contributed by atoms with van der Waals surface area (Å²) >= 11 is 0. The molecule has 5 rings (SSSR count). The zero-order valence-electron chi connectivity index (χ0n) is 21.9. The highest BCUT2D eigenvalue weighted by molar-refractivity contribution is 7.89. The topological polar surface area (TPSA) is 116 Å². The number of nitrogens with one attached hydrogen (secondary N) is 1. The van der Waals surface area contributed by atoms with E-state index in [0.717, 1.165) is 30.5 Å². The van der Waals surface area contributed by atoms with Gasteiger partial charge in [0.25, 0.3) is 5.91 Å². The molecule has 2 aromatic carbocycles. The number of carbonyl (C=O) groups is 2. The molecule has 2 aliphatic heterocycles. The lowest BCUT2D eigenvalue weighted by Crippen LogP contribution is -2.50. The number of piperazine rings is 1. The zero-order valence-corrected chi connectivity index (χ0v) is 22.7. The van der Waals surface area contributed by atoms with Crippen LogP contribution in [0.1, 0.15) is 36.5 Å². The van der Waals surface area contributed by atoms with E-state index in [9.17, 15) is 18.0 Å². The lowest BCUT2D eigenvalue weighted by atomic mass is 10.1. The van der Waals surface area contributed by atoms with E-state index in [1.807, 2.05) is 0 Å². The van der Waals surface area contributed by atoms with Gasteiger partial charge in [0.2, 0.25) is 21.9 Å². The molecule has 2 amide bonds. The summed E-state index contributed by atoms with van der Waals surface area (Å²) in [5.41, 5.74) is 2.74. The van der Waals surface area contributed by atoms with E-state index in [1.165, 1.54) is 0 Å². The number of hydrogen-bond donors (Lipinski definition) is 1. The van der Waals surface area contributed by atoms with Gasteiger partial charge in [-0.05, 0) is 55.3 Å². The first-order valence-electron chi connectivity index (χ1n) is 13.2. The molecule has 39 heavy (non-hydrogen) atoms. The number of rotatable bonds is 6. The first-order valence-corrected chi connectivity index (χ1v) is 14.6. The third kappa shape index (κ3) is 6.10. The molecule has 1 N–H and O–H groups in total. The minimum absolute atomic E-state index is 0.0293. The molecule has 2 saturated heterocycles. The number of anilines is 2. The number of benzene rings is 2. The smallest absolute Gasteiger partial charge is 0.253 e. The van der Waals surface area contributed by atoms with Crippen molar-refractivity contribution in [1.29, 1.82) is 0 Å². The van der Waals surface area contributed by atoms with Gasteiger partial charge in [0.1, 0.15) is 0 Å². The van der Waals surface area contributed by atoms with Crippen LogP contribution in [0.2, 0.25) is 0 Å². The molecule has 1 aromatic heterocycles. The SMILES string of the molecule is CC(=O)N1CCN(C(=O)c2ccc(Nc3nccc(-c4ccc(S(=O)(=O)N5CCCCC5)cc4)n3)cc2)CC1. The molecular weight excluding hydrogens is 516 g/mol. The second-order valence-corrected chi connectivity index (χ2v) is 11.7. The highest BCUT2D eigenvalue weighted by atomic mass is 32.2. The fourth-order valence-electron chi connectivity index (χ4n) is 4.86. The molecular formula is C28H32N6O4S. The molecule has 3 aromatic rings. The van der Waals surface area contributed by atoms with Crippen molar-refractivity contribution in [2.45, 2.75) is 31.1 Å². The molecule has 2 aliphatic rings. The monoisotopic (exact) mass is 548 g/mol. The van der Waals surface area contributed by atoms with E-state index < -0.39 is 10.0 Å². The van der Waals surface area contributed by atoms with E-state index in [0.29, 0.717) is 56.5 Å². The maximum Gasteiger partial charge on any atom is 0.253 e. The zero-order chi connectivity index (χ0) is 27.4. The van der Waals surface area contributed by atoms with Crippen molar-refractivity contribution in [2.24, 2.45) is 0 Å². The van der Waals surface area contributed by atoms with Gasteiger partial charge in [0.05, 0.1) is 10.6 Å². The first kappa shape index (κ1) is 26.8. The molecule has 0 radical (unpaired) electrons. The Morgan fingerprint density at radius 3 is 2.08 bits per heavy atom. The molecule has 0 bridgehead atoms. The lowest BCUT2D eigenvalue weighted by Gasteiger charge is -2.34. The molecule has 204 valence electrons. The highest BCUT2D eigenvalue weighted by Gasteiger charge is 2.26. The number of amides is 2. The molecule has 11 heteroatoms. The average Bonchev–Trinajstić information content (AvgIpc) is 2.98. The molecule has 0 atom stereocenters. The van der Waals surface area contributed by atoms with E-state index in [-0.39, 0.29) is 16.7 Å². The Hall–Kier alpha value is -3.83. The lowest BCUT2D eigenvalue weighted by molar-refractivity contribution is -0.130. The normalized spacial score (nSPS) is 16.6. The van der Waals surface area contributed by atoms with Crippen LogP contribution in [0.4, 0.5) is 11.6 Å². The van der Waals surface area contributed by atoms with Gasteiger partial charge in [-0.25, -0.2) is 18.4 Å². The van der Waals surface area contributed by atoms with Gasteiger partial charge < -0.3 is 15.1 Å². The minimum Gasteiger partial charge on any atom is -0.339 e. The summed E-state index contributed by atoms with van der Waals surface area (Å²) in [7, 11) is -3.49. The number of sulfonamides is 1. The van der Waals surface area contributed by atoms with E-state index >= 15 is 0 Å². The Morgan fingerprint density at radius 2 is 1.44 bits per heavy atom. The summed E-state index contributed by atoms with van der Waals surface area (Å²) in [6.07, 6.45) is 4.50. The highest BCUT2D eigenvalue weighted by Crippen LogP contribution is 2.25. The van der Waals surface area contributed by atoms with E-state index in [1.54, 1.807) is 81.8 Å². The van der Waals surface area contributed by atoms with Crippen LogP contribution in [0.3, 0.4) is 0 Å². The van der Waals surface area contributed by atoms with Gasteiger partial charge in [0, 0.05) is 69.2 Å². The summed E-state index contributed by atoms with van der Waals surface area (Å²) in [4.78, 5) is 37.1. The molecule has 0 spiro atoms. The van der Waals surface area contributed by atoms with Crippen LogP contribution < -0.4 is 5.32 Å². The van der Waals surface area contributed by atoms with Crippen LogP contribution in [0.5, 0.6) is 0 Å². The van der Waals surface area contributed by atoms with Crippen LogP contribution >= 0.6 is 0 Å². The number of nitrogens with zero attached hydrogens (tertiary/aromatic N) is 5. The van der Waals surface area contributed by atoms with Gasteiger partial charge in [-0.3, -0.25) is 9.59 Å². The second kappa shape index (κ2) is 11.5. The van der Waals surface area contributed by atoms with Crippen molar-refractivity contribution >= 4 is 33.5 Å². The quantitative estimate of drug-likeness (QED) is 0.502. The Morgan fingerprint density at radius 1 is 0.795 bits per heavy atom. The average molecular weight is 549 g/mol. The standard InChI is InChI=1S/C28H32N6O4S/c1-21(35)32-17-19-33(20-18-32)27(36)23-5-9-24(10-6-23)30-28-29-14-13-26(31-28)22-7-11-25(12-8-22)39(37,38)34-15-3-2-4-16-34/h5-14H,2-4,15-20H2,1H3,(H,29,30,31). The maximum absolute atomic E-state index is 12.9. The summed E-state index contributed by atoms with van der Waals surface area (Å²) in [5.74, 6) is 0.354. The minimum atomic E-state index is -3.49. The fourth-order valence-corrected chi connectivity index (χ4v) is 6.38. The first-order chi connectivity index (χ1) is 18.8. The van der Waals surface area contributed by atoms with Crippen molar-refractivity contribution in [3.8, 4) is 11.3 Å². The largest absolute Gasteiger partial charge is 0.339 e. The van der Waals surface area contributed by atoms with Gasteiger partial charge in [-0.1, -0.05) is 18.6 Å². The van der Waals surface area contributed by atoms with Crippen LogP contribution in [0.25, 0.3) is 11.3 Å². The second-order valence-electron chi connectivity index (χ2n) is 9.76. The summed E-state index contributed by atoms with van der Waals surface area (Å²) in [5, 5.41) is 3.16. The molecule has 0 saturated carbocycles. The Balaban J connectivity index is 1.23. The number of piperidine rings is 1. The third-order valence-electron chi connectivity index (χ3n) is 7.16. The van der Waals surface area contributed by atoms with E-state index in [4.69, 9.17) is 0 Å². The number of hydrogen-bond acceptors (Lipinski definition) is 7. The Kier molecular flexibility index (Phi) is 7.89. The van der Waals surface area contributed by atoms with Gasteiger partial charge in [-0.2, -0.15) is 4.31 Å².